The molecule has 0 bridgehead atoms. The average Bonchev–Trinajstić information content (AvgIpc) is 2.32. The molecule has 0 radical (unpaired) electrons. The first kappa shape index (κ1) is 12.5. The Morgan fingerprint density at radius 2 is 1.76 bits per heavy atom. The van der Waals surface area contributed by atoms with E-state index in [4.69, 9.17) is 0 Å². The molecule has 0 spiro atoms. The van der Waals surface area contributed by atoms with E-state index < -0.39 is 0 Å². The molecule has 0 N–H and O–H groups in total. The van der Waals surface area contributed by atoms with Crippen LogP contribution in [0.5, 0.6) is 0 Å². The number of rotatable bonds is 3. The van der Waals surface area contributed by atoms with Gasteiger partial charge in [-0.1, -0.05) is 34.1 Å². The Morgan fingerprint density at radius 3 is 2.47 bits per heavy atom. The second-order valence-corrected chi connectivity index (χ2v) is 5.23. The van der Waals surface area contributed by atoms with E-state index in [1.807, 2.05) is 30.3 Å². The summed E-state index contributed by atoms with van der Waals surface area (Å²) >= 11 is 6.77. The van der Waals surface area contributed by atoms with E-state index in [1.165, 1.54) is 0 Å². The normalized spacial score (nSPS) is 10.2. The number of halogens is 2. The van der Waals surface area contributed by atoms with Crippen LogP contribution in [0.1, 0.15) is 16.1 Å². The van der Waals surface area contributed by atoms with Crippen LogP contribution in [0.2, 0.25) is 0 Å². The number of benzene rings is 1. The minimum atomic E-state index is 0.00405. The molecule has 0 saturated carbocycles. The third-order valence-electron chi connectivity index (χ3n) is 2.33. The van der Waals surface area contributed by atoms with Crippen molar-refractivity contribution in [1.29, 1.82) is 0 Å². The summed E-state index contributed by atoms with van der Waals surface area (Å²) in [6.45, 7) is 0. The lowest BCUT2D eigenvalue weighted by molar-refractivity contribution is 0.0987. The minimum Gasteiger partial charge on any atom is -0.292 e. The number of nitrogens with zero attached hydrogens (tertiary/aromatic N) is 1. The van der Waals surface area contributed by atoms with Gasteiger partial charge < -0.3 is 0 Å². The van der Waals surface area contributed by atoms with E-state index >= 15 is 0 Å². The van der Waals surface area contributed by atoms with Gasteiger partial charge in [-0.15, -0.1) is 0 Å². The lowest BCUT2D eigenvalue weighted by atomic mass is 10.1. The fourth-order valence-corrected chi connectivity index (χ4v) is 2.39. The van der Waals surface area contributed by atoms with Crippen molar-refractivity contribution in [1.82, 2.24) is 4.98 Å². The van der Waals surface area contributed by atoms with Gasteiger partial charge >= 0.3 is 0 Å². The number of hydrogen-bond donors (Lipinski definition) is 0. The van der Waals surface area contributed by atoms with Crippen LogP contribution in [0.15, 0.2) is 51.5 Å². The Bertz CT molecular complexity index is 555. The molecular weight excluding hydrogens is 346 g/mol. The molecule has 17 heavy (non-hydrogen) atoms. The Labute approximate surface area is 116 Å². The van der Waals surface area contributed by atoms with Gasteiger partial charge in [-0.2, -0.15) is 0 Å². The quantitative estimate of drug-likeness (QED) is 0.779. The number of hydrogen-bond acceptors (Lipinski definition) is 2. The molecule has 0 aliphatic carbocycles. The first-order valence-electron chi connectivity index (χ1n) is 5.05. The molecule has 0 unspecified atom stereocenters. The second-order valence-electron chi connectivity index (χ2n) is 3.53. The Hall–Kier alpha value is -1.00. The molecule has 0 saturated heterocycles. The highest BCUT2D eigenvalue weighted by molar-refractivity contribution is 9.10. The second kappa shape index (κ2) is 5.56. The molecule has 0 aliphatic rings. The average molecular weight is 355 g/mol. The molecule has 0 fully saturated rings. The van der Waals surface area contributed by atoms with Gasteiger partial charge in [-0.3, -0.25) is 9.78 Å². The zero-order valence-electron chi connectivity index (χ0n) is 8.86. The zero-order valence-corrected chi connectivity index (χ0v) is 12.0. The van der Waals surface area contributed by atoms with Gasteiger partial charge in [0.1, 0.15) is 5.69 Å². The van der Waals surface area contributed by atoms with Crippen molar-refractivity contribution in [2.24, 2.45) is 0 Å². The lowest BCUT2D eigenvalue weighted by Gasteiger charge is -2.04. The van der Waals surface area contributed by atoms with Crippen LogP contribution >= 0.6 is 31.9 Å². The molecule has 1 aromatic heterocycles. The SMILES string of the molecule is O=C(Cc1ccccc1Br)c1ncccc1Br. The molecule has 2 nitrogen and oxygen atoms in total. The van der Waals surface area contributed by atoms with Gasteiger partial charge in [-0.25, -0.2) is 0 Å². The molecule has 2 rings (SSSR count). The molecule has 0 amide bonds. The highest BCUT2D eigenvalue weighted by Gasteiger charge is 2.13. The molecule has 0 aliphatic heterocycles. The van der Waals surface area contributed by atoms with Gasteiger partial charge in [-0.05, 0) is 39.7 Å². The third-order valence-corrected chi connectivity index (χ3v) is 3.74. The van der Waals surface area contributed by atoms with Gasteiger partial charge in [0.25, 0.3) is 0 Å². The predicted octanol–water partition coefficient (Wildman–Crippen LogP) is 4.03. The molecule has 4 heteroatoms. The first-order chi connectivity index (χ1) is 8.18. The van der Waals surface area contributed by atoms with Crippen molar-refractivity contribution in [3.05, 3.63) is 62.8 Å². The summed E-state index contributed by atoms with van der Waals surface area (Å²) in [7, 11) is 0. The Morgan fingerprint density at radius 1 is 1.06 bits per heavy atom. The van der Waals surface area contributed by atoms with E-state index in [-0.39, 0.29) is 5.78 Å². The molecule has 1 heterocycles. The van der Waals surface area contributed by atoms with Gasteiger partial charge in [0, 0.05) is 21.6 Å². The standard InChI is InChI=1S/C13H9Br2NO/c14-10-5-2-1-4-9(10)8-12(17)13-11(15)6-3-7-16-13/h1-7H,8H2. The van der Waals surface area contributed by atoms with Crippen molar-refractivity contribution >= 4 is 37.6 Å². The fourth-order valence-electron chi connectivity index (χ4n) is 1.49. The minimum absolute atomic E-state index is 0.00405. The maximum atomic E-state index is 12.1. The number of ketones is 1. The zero-order chi connectivity index (χ0) is 12.3. The van der Waals surface area contributed by atoms with Crippen LogP contribution in [-0.4, -0.2) is 10.8 Å². The number of carbonyl (C=O) groups is 1. The highest BCUT2D eigenvalue weighted by atomic mass is 79.9. The topological polar surface area (TPSA) is 30.0 Å². The number of Topliss-reactive ketones (excluding diaryl/α,β-unsaturated/α-hetero) is 1. The predicted molar refractivity (Wildman–Crippen MR) is 74.1 cm³/mol. The molecule has 1 aromatic carbocycles. The number of pyridine rings is 1. The number of aromatic nitrogens is 1. The van der Waals surface area contributed by atoms with E-state index in [0.717, 1.165) is 14.5 Å². The van der Waals surface area contributed by atoms with Crippen LogP contribution < -0.4 is 0 Å². The molecule has 0 atom stereocenters. The number of carbonyl (C=O) groups excluding carboxylic acids is 1. The van der Waals surface area contributed by atoms with Gasteiger partial charge in [0.15, 0.2) is 5.78 Å². The summed E-state index contributed by atoms with van der Waals surface area (Å²) < 4.78 is 1.68. The third kappa shape index (κ3) is 3.01. The van der Waals surface area contributed by atoms with E-state index in [1.54, 1.807) is 12.3 Å². The summed E-state index contributed by atoms with van der Waals surface area (Å²) in [5, 5.41) is 0. The first-order valence-corrected chi connectivity index (χ1v) is 6.64. The van der Waals surface area contributed by atoms with E-state index in [2.05, 4.69) is 36.8 Å². The van der Waals surface area contributed by atoms with Crippen molar-refractivity contribution < 1.29 is 4.79 Å². The monoisotopic (exact) mass is 353 g/mol. The fraction of sp³-hybridized carbons (Fsp3) is 0.0769. The van der Waals surface area contributed by atoms with Gasteiger partial charge in [0.05, 0.1) is 0 Å². The van der Waals surface area contributed by atoms with Crippen molar-refractivity contribution in [2.75, 3.05) is 0 Å². The van der Waals surface area contributed by atoms with Crippen molar-refractivity contribution in [3.63, 3.8) is 0 Å². The summed E-state index contributed by atoms with van der Waals surface area (Å²) in [5.74, 6) is 0.00405. The Kier molecular flexibility index (Phi) is 4.07. The van der Waals surface area contributed by atoms with Crippen LogP contribution in [-0.2, 0) is 6.42 Å². The van der Waals surface area contributed by atoms with Crippen LogP contribution in [0.4, 0.5) is 0 Å². The van der Waals surface area contributed by atoms with Crippen LogP contribution in [0.3, 0.4) is 0 Å². The van der Waals surface area contributed by atoms with E-state index in [9.17, 15) is 4.79 Å². The lowest BCUT2D eigenvalue weighted by Crippen LogP contribution is -2.07. The molecule has 2 aromatic rings. The molecular formula is C13H9Br2NO. The van der Waals surface area contributed by atoms with Crippen molar-refractivity contribution in [2.45, 2.75) is 6.42 Å². The molecule has 86 valence electrons. The summed E-state index contributed by atoms with van der Waals surface area (Å²) in [6.07, 6.45) is 1.97. The largest absolute Gasteiger partial charge is 0.292 e. The van der Waals surface area contributed by atoms with Crippen molar-refractivity contribution in [3.8, 4) is 0 Å². The van der Waals surface area contributed by atoms with E-state index in [0.29, 0.717) is 12.1 Å². The maximum absolute atomic E-state index is 12.1. The maximum Gasteiger partial charge on any atom is 0.186 e. The van der Waals surface area contributed by atoms with Crippen LogP contribution in [0, 0.1) is 0 Å². The Balaban J connectivity index is 2.24. The summed E-state index contributed by atoms with van der Waals surface area (Å²) in [5.41, 5.74) is 1.44. The van der Waals surface area contributed by atoms with Gasteiger partial charge in [0.2, 0.25) is 0 Å². The smallest absolute Gasteiger partial charge is 0.186 e. The highest BCUT2D eigenvalue weighted by Crippen LogP contribution is 2.20. The summed E-state index contributed by atoms with van der Waals surface area (Å²) in [4.78, 5) is 16.2. The van der Waals surface area contributed by atoms with Crippen LogP contribution in [0.25, 0.3) is 0 Å². The summed E-state index contributed by atoms with van der Waals surface area (Å²) in [6, 6.07) is 11.3.